The number of nitrogens with zero attached hydrogens (tertiary/aromatic N) is 2. The molecule has 0 N–H and O–H groups in total. The summed E-state index contributed by atoms with van der Waals surface area (Å²) < 4.78 is 77.4. The van der Waals surface area contributed by atoms with Crippen LogP contribution in [0.3, 0.4) is 0 Å². The molecule has 3 nitrogen and oxygen atoms in total. The molecule has 0 bridgehead atoms. The van der Waals surface area contributed by atoms with Gasteiger partial charge in [-0.1, -0.05) is 118 Å². The van der Waals surface area contributed by atoms with E-state index in [1.807, 2.05) is 54.7 Å². The molecule has 251 valence electrons. The molecule has 7 aromatic rings. The summed E-state index contributed by atoms with van der Waals surface area (Å²) in [6, 6.07) is 33.5. The average molecular weight is 846 g/mol. The standard InChI is InChI=1S/C28H26NOSi.C16H18N.Ir/c1-18-15-20(31(3,4)5)13-14-21(18)25-16-26(29-17-19(25)2)24-11-8-10-23-22-9-6-7-12-27(22)30-28(23)24;1-12-5-7-13(8-6-12)15-10-9-14(11-17-15)16(2,3)4;/h6-10,12-17H,1-5H3;5-7,9-11H,1-4H3;/q2*-1;/i1D3,2D3;1D3;. The fourth-order valence-electron chi connectivity index (χ4n) is 5.52. The van der Waals surface area contributed by atoms with E-state index in [0.717, 1.165) is 32.8 Å². The molecule has 0 spiro atoms. The van der Waals surface area contributed by atoms with Crippen LogP contribution in [0.1, 0.15) is 55.4 Å². The third kappa shape index (κ3) is 7.86. The van der Waals surface area contributed by atoms with Crippen LogP contribution in [0.15, 0.2) is 108 Å². The van der Waals surface area contributed by atoms with Crippen molar-refractivity contribution in [1.29, 1.82) is 0 Å². The first-order valence-corrected chi connectivity index (χ1v) is 19.4. The third-order valence-corrected chi connectivity index (χ3v) is 10.4. The molecule has 0 saturated carbocycles. The Morgan fingerprint density at radius 2 is 1.53 bits per heavy atom. The van der Waals surface area contributed by atoms with Crippen LogP contribution in [0.25, 0.3) is 55.6 Å². The minimum absolute atomic E-state index is 0. The van der Waals surface area contributed by atoms with Crippen molar-refractivity contribution in [1.82, 2.24) is 9.97 Å². The maximum absolute atomic E-state index is 8.25. The molecule has 49 heavy (non-hydrogen) atoms. The van der Waals surface area contributed by atoms with Crippen LogP contribution in [0.4, 0.5) is 0 Å². The summed E-state index contributed by atoms with van der Waals surface area (Å²) in [6.45, 7) is 5.86. The van der Waals surface area contributed by atoms with E-state index in [2.05, 4.69) is 62.5 Å². The van der Waals surface area contributed by atoms with Gasteiger partial charge in [-0.05, 0) is 64.4 Å². The second-order valence-electron chi connectivity index (χ2n) is 14.0. The predicted octanol–water partition coefficient (Wildman–Crippen LogP) is 11.4. The van der Waals surface area contributed by atoms with Crippen LogP contribution in [0, 0.1) is 32.7 Å². The topological polar surface area (TPSA) is 38.9 Å². The molecular weight excluding hydrogens is 793 g/mol. The number of hydrogen-bond acceptors (Lipinski definition) is 3. The summed E-state index contributed by atoms with van der Waals surface area (Å²) in [6.07, 6.45) is 3.18. The van der Waals surface area contributed by atoms with Crippen LogP contribution in [-0.4, -0.2) is 18.0 Å². The Kier molecular flexibility index (Phi) is 7.56. The van der Waals surface area contributed by atoms with Crippen molar-refractivity contribution in [2.75, 3.05) is 0 Å². The number of hydrogen-bond donors (Lipinski definition) is 0. The Morgan fingerprint density at radius 1 is 0.735 bits per heavy atom. The van der Waals surface area contributed by atoms with Crippen LogP contribution in [0.5, 0.6) is 0 Å². The van der Waals surface area contributed by atoms with Crippen molar-refractivity contribution in [2.24, 2.45) is 0 Å². The molecule has 0 atom stereocenters. The molecule has 7 rings (SSSR count). The number of aromatic nitrogens is 2. The molecule has 0 aliphatic carbocycles. The van der Waals surface area contributed by atoms with Gasteiger partial charge in [0, 0.05) is 50.2 Å². The summed E-state index contributed by atoms with van der Waals surface area (Å²) in [5.41, 5.74) is 6.33. The van der Waals surface area contributed by atoms with Crippen molar-refractivity contribution >= 4 is 35.2 Å². The zero-order chi connectivity index (χ0) is 41.7. The van der Waals surface area contributed by atoms with Gasteiger partial charge in [-0.3, -0.25) is 0 Å². The van der Waals surface area contributed by atoms with E-state index in [4.69, 9.17) is 16.8 Å². The van der Waals surface area contributed by atoms with Crippen molar-refractivity contribution in [2.45, 2.75) is 66.4 Å². The van der Waals surface area contributed by atoms with E-state index >= 15 is 0 Å². The summed E-state index contributed by atoms with van der Waals surface area (Å²) in [7, 11) is -1.82. The Hall–Kier alpha value is -4.15. The molecule has 0 amide bonds. The van der Waals surface area contributed by atoms with Gasteiger partial charge in [0.25, 0.3) is 0 Å². The van der Waals surface area contributed by atoms with Gasteiger partial charge < -0.3 is 14.4 Å². The number of aryl methyl sites for hydroxylation is 3. The maximum Gasteiger partial charge on any atom is 0.120 e. The first-order valence-electron chi connectivity index (χ1n) is 20.4. The average Bonchev–Trinajstić information content (AvgIpc) is 3.52. The summed E-state index contributed by atoms with van der Waals surface area (Å²) in [5.74, 6) is 0. The van der Waals surface area contributed by atoms with Gasteiger partial charge in [-0.25, -0.2) is 0 Å². The molecule has 4 aromatic carbocycles. The first kappa shape index (κ1) is 25.8. The van der Waals surface area contributed by atoms with Crippen molar-refractivity contribution < 1.29 is 36.9 Å². The predicted molar refractivity (Wildman–Crippen MR) is 206 cm³/mol. The Balaban J connectivity index is 0.000000259. The molecule has 1 radical (unpaired) electrons. The first-order chi connectivity index (χ1) is 26.4. The number of para-hydroxylation sites is 1. The van der Waals surface area contributed by atoms with Gasteiger partial charge in [-0.15, -0.1) is 53.6 Å². The van der Waals surface area contributed by atoms with Gasteiger partial charge in [0.2, 0.25) is 0 Å². The fourth-order valence-corrected chi connectivity index (χ4v) is 6.68. The van der Waals surface area contributed by atoms with E-state index in [1.165, 1.54) is 17.8 Å². The molecule has 0 aliphatic heterocycles. The van der Waals surface area contributed by atoms with Gasteiger partial charge in [0.15, 0.2) is 0 Å². The van der Waals surface area contributed by atoms with E-state index in [0.29, 0.717) is 33.5 Å². The number of benzene rings is 4. The largest absolute Gasteiger partial charge is 0.501 e. The number of pyridine rings is 2. The van der Waals surface area contributed by atoms with Crippen molar-refractivity contribution in [3.8, 4) is 33.6 Å². The van der Waals surface area contributed by atoms with Crippen molar-refractivity contribution in [3.05, 3.63) is 138 Å². The summed E-state index contributed by atoms with van der Waals surface area (Å²) >= 11 is 0. The SMILES string of the molecule is [2H]C([2H])([2H])c1c[c-]c(-c2ccc(C(C)(C)C)cn2)cc1.[2H]C([2H])([2H])c1cnc(-c2[c-]ccc3c2oc2ccccc23)cc1-c1ccc([Si](C)(C)C)cc1C([2H])([2H])[2H].[Ir]. The second kappa shape index (κ2) is 14.4. The third-order valence-electron chi connectivity index (χ3n) is 8.39. The van der Waals surface area contributed by atoms with Crippen LogP contribution in [-0.2, 0) is 25.5 Å². The second-order valence-corrected chi connectivity index (χ2v) is 19.1. The molecule has 0 unspecified atom stereocenters. The Bertz CT molecular complexity index is 2490. The monoisotopic (exact) mass is 846 g/mol. The Morgan fingerprint density at radius 3 is 2.20 bits per heavy atom. The fraction of sp³-hybridized carbons (Fsp3) is 0.227. The summed E-state index contributed by atoms with van der Waals surface area (Å²) in [4.78, 5) is 8.92. The molecule has 3 aromatic heterocycles. The Labute approximate surface area is 318 Å². The van der Waals surface area contributed by atoms with Crippen LogP contribution in [0.2, 0.25) is 19.6 Å². The summed E-state index contributed by atoms with van der Waals surface area (Å²) in [5, 5.41) is 2.85. The minimum Gasteiger partial charge on any atom is -0.501 e. The molecule has 0 aliphatic rings. The van der Waals surface area contributed by atoms with Gasteiger partial charge in [-0.2, -0.15) is 0 Å². The smallest absolute Gasteiger partial charge is 0.120 e. The number of fused-ring (bicyclic) bond motifs is 3. The maximum atomic E-state index is 8.25. The van der Waals surface area contributed by atoms with E-state index in [9.17, 15) is 0 Å². The molecule has 3 heterocycles. The van der Waals surface area contributed by atoms with Crippen molar-refractivity contribution in [3.63, 3.8) is 0 Å². The molecule has 0 fully saturated rings. The number of rotatable bonds is 4. The zero-order valence-corrected chi connectivity index (χ0v) is 31.8. The van der Waals surface area contributed by atoms with Gasteiger partial charge in [0.05, 0.1) is 13.7 Å². The van der Waals surface area contributed by atoms with E-state index in [-0.39, 0.29) is 36.6 Å². The van der Waals surface area contributed by atoms with Crippen LogP contribution < -0.4 is 5.19 Å². The van der Waals surface area contributed by atoms with E-state index < -0.39 is 28.6 Å². The molecule has 5 heteroatoms. The molecular formula is C44H44IrN2OSi-2. The van der Waals surface area contributed by atoms with Gasteiger partial charge >= 0.3 is 0 Å². The zero-order valence-electron chi connectivity index (χ0n) is 37.5. The normalized spacial score (nSPS) is 15.1. The van der Waals surface area contributed by atoms with Gasteiger partial charge in [0.1, 0.15) is 5.58 Å². The van der Waals surface area contributed by atoms with Crippen LogP contribution >= 0.6 is 0 Å². The quantitative estimate of drug-likeness (QED) is 0.131. The number of furan rings is 1. The minimum atomic E-state index is -2.49. The molecule has 0 saturated heterocycles. The van der Waals surface area contributed by atoms with E-state index in [1.54, 1.807) is 36.4 Å².